The molecule has 3 aliphatic rings. The zero-order valence-corrected chi connectivity index (χ0v) is 15.5. The summed E-state index contributed by atoms with van der Waals surface area (Å²) in [4.78, 5) is 14.9. The Bertz CT molecular complexity index is 365. The summed E-state index contributed by atoms with van der Waals surface area (Å²) in [6, 6.07) is 0.636. The summed E-state index contributed by atoms with van der Waals surface area (Å²) in [5.74, 6) is 2.09. The van der Waals surface area contributed by atoms with Gasteiger partial charge in [-0.2, -0.15) is 0 Å². The third kappa shape index (κ3) is 4.65. The second-order valence-electron chi connectivity index (χ2n) is 8.15. The van der Waals surface area contributed by atoms with Gasteiger partial charge in [0.2, 0.25) is 0 Å². The molecular formula is C20H36N2O2. The highest BCUT2D eigenvalue weighted by Gasteiger charge is 2.35. The van der Waals surface area contributed by atoms with Crippen LogP contribution in [0.5, 0.6) is 0 Å². The number of likely N-dealkylation sites (tertiary alicyclic amines) is 1. The van der Waals surface area contributed by atoms with Crippen molar-refractivity contribution in [2.75, 3.05) is 26.3 Å². The lowest BCUT2D eigenvalue weighted by molar-refractivity contribution is 0.0789. The molecule has 0 radical (unpaired) electrons. The molecule has 2 amide bonds. The molecule has 0 spiro atoms. The molecule has 3 fully saturated rings. The fourth-order valence-corrected chi connectivity index (χ4v) is 5.07. The Morgan fingerprint density at radius 1 is 1.00 bits per heavy atom. The lowest BCUT2D eigenvalue weighted by Gasteiger charge is -2.36. The minimum absolute atomic E-state index is 0.202. The summed E-state index contributed by atoms with van der Waals surface area (Å²) in [5, 5.41) is 3.48. The molecule has 138 valence electrons. The van der Waals surface area contributed by atoms with Crippen molar-refractivity contribution in [2.24, 2.45) is 17.8 Å². The number of rotatable bonds is 6. The summed E-state index contributed by atoms with van der Waals surface area (Å²) in [6.45, 7) is 5.50. The molecule has 4 nitrogen and oxygen atoms in total. The van der Waals surface area contributed by atoms with Crippen LogP contribution in [0.1, 0.15) is 71.1 Å². The molecular weight excluding hydrogens is 300 g/mol. The van der Waals surface area contributed by atoms with Crippen molar-refractivity contribution >= 4 is 6.03 Å². The molecule has 0 unspecified atom stereocenters. The maximum absolute atomic E-state index is 12.8. The molecule has 3 rings (SSSR count). The molecule has 1 N–H and O–H groups in total. The van der Waals surface area contributed by atoms with E-state index >= 15 is 0 Å². The number of carbonyl (C=O) groups is 1. The van der Waals surface area contributed by atoms with Gasteiger partial charge in [0.25, 0.3) is 0 Å². The monoisotopic (exact) mass is 336 g/mol. The molecule has 0 aromatic rings. The molecule has 1 aliphatic heterocycles. The average molecular weight is 337 g/mol. The maximum atomic E-state index is 12.8. The van der Waals surface area contributed by atoms with Gasteiger partial charge in [-0.1, -0.05) is 25.7 Å². The minimum Gasteiger partial charge on any atom is -0.381 e. The van der Waals surface area contributed by atoms with E-state index in [1.807, 2.05) is 0 Å². The van der Waals surface area contributed by atoms with Gasteiger partial charge in [0, 0.05) is 32.3 Å². The number of ether oxygens (including phenoxy) is 1. The number of carbonyl (C=O) groups excluding carboxylic acids is 1. The van der Waals surface area contributed by atoms with E-state index < -0.39 is 0 Å². The fraction of sp³-hybridized carbons (Fsp3) is 0.950. The Labute approximate surface area is 147 Å². The van der Waals surface area contributed by atoms with E-state index in [-0.39, 0.29) is 6.03 Å². The first-order valence-electron chi connectivity index (χ1n) is 10.4. The SMILES string of the molecule is CCOCC1CCN(C(=O)NC(C2CCCC2)C2CCCC2)CC1. The average Bonchev–Trinajstić information content (AvgIpc) is 3.31. The summed E-state index contributed by atoms with van der Waals surface area (Å²) in [5.41, 5.74) is 0. The third-order valence-corrected chi connectivity index (χ3v) is 6.56. The van der Waals surface area contributed by atoms with Crippen LogP contribution in [0.15, 0.2) is 0 Å². The summed E-state index contributed by atoms with van der Waals surface area (Å²) in [6.07, 6.45) is 12.9. The first-order valence-corrected chi connectivity index (χ1v) is 10.4. The van der Waals surface area contributed by atoms with Crippen LogP contribution in [0, 0.1) is 17.8 Å². The van der Waals surface area contributed by atoms with E-state index in [2.05, 4.69) is 17.1 Å². The van der Waals surface area contributed by atoms with Gasteiger partial charge in [0.1, 0.15) is 0 Å². The lowest BCUT2D eigenvalue weighted by Crippen LogP contribution is -2.52. The van der Waals surface area contributed by atoms with E-state index in [0.29, 0.717) is 12.0 Å². The number of hydrogen-bond acceptors (Lipinski definition) is 2. The van der Waals surface area contributed by atoms with Crippen molar-refractivity contribution in [3.63, 3.8) is 0 Å². The second kappa shape index (κ2) is 9.07. The third-order valence-electron chi connectivity index (χ3n) is 6.56. The Kier molecular flexibility index (Phi) is 6.82. The summed E-state index contributed by atoms with van der Waals surface area (Å²) in [7, 11) is 0. The van der Waals surface area contributed by atoms with E-state index in [9.17, 15) is 4.79 Å². The van der Waals surface area contributed by atoms with Crippen LogP contribution < -0.4 is 5.32 Å². The molecule has 0 atom stereocenters. The molecule has 2 saturated carbocycles. The number of hydrogen-bond donors (Lipinski definition) is 1. The Hall–Kier alpha value is -0.770. The van der Waals surface area contributed by atoms with Crippen LogP contribution in [0.25, 0.3) is 0 Å². The van der Waals surface area contributed by atoms with Gasteiger partial charge < -0.3 is 15.0 Å². The summed E-state index contributed by atoms with van der Waals surface area (Å²) < 4.78 is 5.55. The zero-order chi connectivity index (χ0) is 16.8. The topological polar surface area (TPSA) is 41.6 Å². The van der Waals surface area contributed by atoms with Crippen LogP contribution in [0.4, 0.5) is 4.79 Å². The van der Waals surface area contributed by atoms with Crippen molar-refractivity contribution in [1.29, 1.82) is 0 Å². The standard InChI is InChI=1S/C20H36N2O2/c1-2-24-15-16-11-13-22(14-12-16)20(23)21-19(17-7-3-4-8-17)18-9-5-6-10-18/h16-19H,2-15H2,1H3,(H,21,23). The van der Waals surface area contributed by atoms with Gasteiger partial charge >= 0.3 is 6.03 Å². The predicted molar refractivity (Wildman–Crippen MR) is 97.0 cm³/mol. The van der Waals surface area contributed by atoms with Crippen molar-refractivity contribution in [2.45, 2.75) is 77.2 Å². The smallest absolute Gasteiger partial charge is 0.317 e. The zero-order valence-electron chi connectivity index (χ0n) is 15.5. The van der Waals surface area contributed by atoms with E-state index in [1.165, 1.54) is 51.4 Å². The van der Waals surface area contributed by atoms with Crippen molar-refractivity contribution in [1.82, 2.24) is 10.2 Å². The van der Waals surface area contributed by atoms with Crippen molar-refractivity contribution in [3.8, 4) is 0 Å². The van der Waals surface area contributed by atoms with Crippen LogP contribution in [0.3, 0.4) is 0 Å². The number of nitrogens with one attached hydrogen (secondary N) is 1. The van der Waals surface area contributed by atoms with Gasteiger partial charge in [0.15, 0.2) is 0 Å². The number of amides is 2. The van der Waals surface area contributed by atoms with E-state index in [4.69, 9.17) is 4.74 Å². The quantitative estimate of drug-likeness (QED) is 0.790. The molecule has 24 heavy (non-hydrogen) atoms. The molecule has 1 saturated heterocycles. The van der Waals surface area contributed by atoms with Gasteiger partial charge in [-0.15, -0.1) is 0 Å². The highest BCUT2D eigenvalue weighted by molar-refractivity contribution is 5.74. The van der Waals surface area contributed by atoms with Crippen molar-refractivity contribution < 1.29 is 9.53 Å². The summed E-state index contributed by atoms with van der Waals surface area (Å²) >= 11 is 0. The van der Waals surface area contributed by atoms with Gasteiger partial charge in [-0.3, -0.25) is 0 Å². The van der Waals surface area contributed by atoms with Crippen LogP contribution >= 0.6 is 0 Å². The Morgan fingerprint density at radius 3 is 2.04 bits per heavy atom. The molecule has 0 bridgehead atoms. The predicted octanol–water partition coefficient (Wildman–Crippen LogP) is 4.19. The first kappa shape index (κ1) is 18.0. The lowest BCUT2D eigenvalue weighted by atomic mass is 9.86. The molecule has 0 aromatic heterocycles. The molecule has 0 aromatic carbocycles. The minimum atomic E-state index is 0.202. The van der Waals surface area contributed by atoms with Crippen molar-refractivity contribution in [3.05, 3.63) is 0 Å². The maximum Gasteiger partial charge on any atom is 0.317 e. The molecule has 1 heterocycles. The molecule has 4 heteroatoms. The normalized spacial score (nSPS) is 24.2. The van der Waals surface area contributed by atoms with Gasteiger partial charge in [-0.05, 0) is 63.2 Å². The van der Waals surface area contributed by atoms with E-state index in [1.54, 1.807) is 0 Å². The largest absolute Gasteiger partial charge is 0.381 e. The number of urea groups is 1. The Balaban J connectivity index is 1.50. The van der Waals surface area contributed by atoms with Gasteiger partial charge in [-0.25, -0.2) is 4.79 Å². The number of piperidine rings is 1. The van der Waals surface area contributed by atoms with E-state index in [0.717, 1.165) is 51.0 Å². The van der Waals surface area contributed by atoms with Crippen LogP contribution in [-0.2, 0) is 4.74 Å². The van der Waals surface area contributed by atoms with Crippen LogP contribution in [0.2, 0.25) is 0 Å². The molecule has 2 aliphatic carbocycles. The highest BCUT2D eigenvalue weighted by atomic mass is 16.5. The number of nitrogens with zero attached hydrogens (tertiary/aromatic N) is 1. The second-order valence-corrected chi connectivity index (χ2v) is 8.15. The Morgan fingerprint density at radius 2 is 1.54 bits per heavy atom. The highest BCUT2D eigenvalue weighted by Crippen LogP contribution is 2.37. The van der Waals surface area contributed by atoms with Crippen LogP contribution in [-0.4, -0.2) is 43.3 Å². The van der Waals surface area contributed by atoms with Gasteiger partial charge in [0.05, 0.1) is 0 Å². The fourth-order valence-electron chi connectivity index (χ4n) is 5.07. The first-order chi connectivity index (χ1) is 11.8.